The van der Waals surface area contributed by atoms with E-state index in [1.807, 2.05) is 19.0 Å². The van der Waals surface area contributed by atoms with Gasteiger partial charge in [-0.15, -0.1) is 0 Å². The lowest BCUT2D eigenvalue weighted by Crippen LogP contribution is -2.42. The van der Waals surface area contributed by atoms with E-state index in [0.29, 0.717) is 12.5 Å². The van der Waals surface area contributed by atoms with Gasteiger partial charge in [0, 0.05) is 19.6 Å². The van der Waals surface area contributed by atoms with E-state index in [-0.39, 0.29) is 16.2 Å². The van der Waals surface area contributed by atoms with Gasteiger partial charge < -0.3 is 9.47 Å². The number of nitrogens with one attached hydrogen (secondary N) is 1. The van der Waals surface area contributed by atoms with E-state index in [4.69, 9.17) is 11.6 Å². The predicted octanol–water partition coefficient (Wildman–Crippen LogP) is 1.33. The van der Waals surface area contributed by atoms with Crippen molar-refractivity contribution in [1.82, 2.24) is 19.2 Å². The normalized spacial score (nSPS) is 14.2. The Labute approximate surface area is 126 Å². The fourth-order valence-electron chi connectivity index (χ4n) is 2.02. The fraction of sp³-hybridized carbons (Fsp3) is 0.750. The van der Waals surface area contributed by atoms with E-state index >= 15 is 0 Å². The van der Waals surface area contributed by atoms with Crippen LogP contribution in [0.2, 0.25) is 5.15 Å². The highest BCUT2D eigenvalue weighted by Crippen LogP contribution is 2.19. The molecule has 1 aromatic rings. The van der Waals surface area contributed by atoms with Crippen molar-refractivity contribution >= 4 is 21.6 Å². The molecule has 1 atom stereocenters. The average Bonchev–Trinajstić information content (AvgIpc) is 2.57. The summed E-state index contributed by atoms with van der Waals surface area (Å²) in [7, 11) is 1.78. The first kappa shape index (κ1) is 17.4. The molecule has 1 heterocycles. The van der Waals surface area contributed by atoms with Crippen LogP contribution in [0.15, 0.2) is 11.4 Å². The van der Waals surface area contributed by atoms with Crippen LogP contribution in [0.5, 0.6) is 0 Å². The zero-order valence-electron chi connectivity index (χ0n) is 12.6. The number of nitrogens with zero attached hydrogens (tertiary/aromatic N) is 3. The van der Waals surface area contributed by atoms with Crippen molar-refractivity contribution in [2.45, 2.75) is 31.3 Å². The predicted molar refractivity (Wildman–Crippen MR) is 80.3 cm³/mol. The number of sulfonamides is 1. The molecule has 1 N–H and O–H groups in total. The lowest BCUT2D eigenvalue weighted by molar-refractivity contribution is 0.329. The molecule has 0 aliphatic rings. The second kappa shape index (κ2) is 6.89. The van der Waals surface area contributed by atoms with Crippen molar-refractivity contribution in [3.8, 4) is 0 Å². The Balaban J connectivity index is 2.93. The fourth-order valence-corrected chi connectivity index (χ4v) is 3.69. The molecule has 1 rings (SSSR count). The SMILES string of the molecule is CC(C)CC(CN(C)C)NS(=O)(=O)c1ncn(C)c1Cl. The van der Waals surface area contributed by atoms with Crippen LogP contribution >= 0.6 is 11.6 Å². The third kappa shape index (κ3) is 4.73. The van der Waals surface area contributed by atoms with Crippen LogP contribution in [-0.4, -0.2) is 49.6 Å². The summed E-state index contributed by atoms with van der Waals surface area (Å²) in [6.07, 6.45) is 2.14. The van der Waals surface area contributed by atoms with Crippen LogP contribution in [0.1, 0.15) is 20.3 Å². The third-order valence-corrected chi connectivity index (χ3v) is 4.76. The second-order valence-electron chi connectivity index (χ2n) is 5.66. The molecule has 0 spiro atoms. The van der Waals surface area contributed by atoms with Crippen molar-refractivity contribution in [3.63, 3.8) is 0 Å². The minimum atomic E-state index is -3.70. The van der Waals surface area contributed by atoms with Gasteiger partial charge in [0.05, 0.1) is 6.33 Å². The van der Waals surface area contributed by atoms with E-state index in [9.17, 15) is 8.42 Å². The van der Waals surface area contributed by atoms with Gasteiger partial charge in [0.2, 0.25) is 5.03 Å². The number of imidazole rings is 1. The Kier molecular flexibility index (Phi) is 6.00. The maximum Gasteiger partial charge on any atom is 0.261 e. The van der Waals surface area contributed by atoms with E-state index < -0.39 is 10.0 Å². The van der Waals surface area contributed by atoms with E-state index in [0.717, 1.165) is 6.42 Å². The first-order valence-corrected chi connectivity index (χ1v) is 8.33. The molecule has 116 valence electrons. The minimum Gasteiger partial charge on any atom is -0.324 e. The Bertz CT molecular complexity index is 530. The summed E-state index contributed by atoms with van der Waals surface area (Å²) in [5.41, 5.74) is 0. The van der Waals surface area contributed by atoms with E-state index in [2.05, 4.69) is 23.6 Å². The van der Waals surface area contributed by atoms with Gasteiger partial charge in [-0.1, -0.05) is 25.4 Å². The molecular weight excluding hydrogens is 300 g/mol. The first-order valence-electron chi connectivity index (χ1n) is 6.47. The molecule has 0 saturated carbocycles. The van der Waals surface area contributed by atoms with Crippen molar-refractivity contribution in [1.29, 1.82) is 0 Å². The molecule has 0 bridgehead atoms. The molecule has 1 aromatic heterocycles. The van der Waals surface area contributed by atoms with Gasteiger partial charge in [0.15, 0.2) is 0 Å². The molecule has 6 nitrogen and oxygen atoms in total. The highest BCUT2D eigenvalue weighted by atomic mass is 35.5. The molecule has 0 aliphatic heterocycles. The van der Waals surface area contributed by atoms with E-state index in [1.54, 1.807) is 7.05 Å². The zero-order valence-corrected chi connectivity index (χ0v) is 14.2. The van der Waals surface area contributed by atoms with Gasteiger partial charge in [-0.25, -0.2) is 18.1 Å². The lowest BCUT2D eigenvalue weighted by atomic mass is 10.0. The van der Waals surface area contributed by atoms with Gasteiger partial charge in [0.1, 0.15) is 5.15 Å². The number of rotatable bonds is 7. The Morgan fingerprint density at radius 2 is 2.05 bits per heavy atom. The molecule has 8 heteroatoms. The van der Waals surface area contributed by atoms with Gasteiger partial charge in [-0.3, -0.25) is 0 Å². The van der Waals surface area contributed by atoms with Crippen molar-refractivity contribution < 1.29 is 8.42 Å². The smallest absolute Gasteiger partial charge is 0.261 e. The summed E-state index contributed by atoms with van der Waals surface area (Å²) >= 11 is 5.96. The highest BCUT2D eigenvalue weighted by Gasteiger charge is 2.26. The standard InChI is InChI=1S/C12H23ClN4O2S/c1-9(2)6-10(7-16(3)4)15-20(18,19)12-11(13)17(5)8-14-12/h8-10,15H,6-7H2,1-5H3. The number of aryl methyl sites for hydroxylation is 1. The highest BCUT2D eigenvalue weighted by molar-refractivity contribution is 7.89. The lowest BCUT2D eigenvalue weighted by Gasteiger charge is -2.23. The topological polar surface area (TPSA) is 67.2 Å². The Hall–Kier alpha value is -0.630. The van der Waals surface area contributed by atoms with E-state index in [1.165, 1.54) is 10.9 Å². The quantitative estimate of drug-likeness (QED) is 0.822. The summed E-state index contributed by atoms with van der Waals surface area (Å²) in [6, 6.07) is -0.173. The molecule has 0 aromatic carbocycles. The number of aromatic nitrogens is 2. The molecule has 1 unspecified atom stereocenters. The summed E-state index contributed by atoms with van der Waals surface area (Å²) in [5.74, 6) is 0.391. The van der Waals surface area contributed by atoms with Crippen molar-refractivity contribution in [3.05, 3.63) is 11.5 Å². The second-order valence-corrected chi connectivity index (χ2v) is 7.65. The van der Waals surface area contributed by atoms with Gasteiger partial charge in [-0.05, 0) is 26.4 Å². The number of likely N-dealkylation sites (N-methyl/N-ethyl adjacent to an activating group) is 1. The average molecular weight is 323 g/mol. The summed E-state index contributed by atoms with van der Waals surface area (Å²) in [5, 5.41) is -0.000158. The number of hydrogen-bond donors (Lipinski definition) is 1. The van der Waals surface area contributed by atoms with Crippen LogP contribution in [0.4, 0.5) is 0 Å². The van der Waals surface area contributed by atoms with Crippen LogP contribution in [0, 0.1) is 5.92 Å². The zero-order chi connectivity index (χ0) is 15.5. The van der Waals surface area contributed by atoms with Gasteiger partial charge >= 0.3 is 0 Å². The Morgan fingerprint density at radius 3 is 2.45 bits per heavy atom. The summed E-state index contributed by atoms with van der Waals surface area (Å²) in [4.78, 5) is 5.82. The molecule has 0 radical (unpaired) electrons. The first-order chi connectivity index (χ1) is 9.13. The molecule has 0 aliphatic carbocycles. The van der Waals surface area contributed by atoms with Crippen molar-refractivity contribution in [2.24, 2.45) is 13.0 Å². The molecule has 0 amide bonds. The van der Waals surface area contributed by atoms with Crippen LogP contribution < -0.4 is 4.72 Å². The molecular formula is C12H23ClN4O2S. The largest absolute Gasteiger partial charge is 0.324 e. The third-order valence-electron chi connectivity index (χ3n) is 2.75. The monoisotopic (exact) mass is 322 g/mol. The van der Waals surface area contributed by atoms with Crippen molar-refractivity contribution in [2.75, 3.05) is 20.6 Å². The molecule has 20 heavy (non-hydrogen) atoms. The molecule has 0 saturated heterocycles. The summed E-state index contributed by atoms with van der Waals surface area (Å²) < 4.78 is 28.9. The van der Waals surface area contributed by atoms with Crippen LogP contribution in [-0.2, 0) is 17.1 Å². The van der Waals surface area contributed by atoms with Crippen LogP contribution in [0.25, 0.3) is 0 Å². The summed E-state index contributed by atoms with van der Waals surface area (Å²) in [6.45, 7) is 4.75. The maximum atomic E-state index is 12.3. The van der Waals surface area contributed by atoms with Crippen LogP contribution in [0.3, 0.4) is 0 Å². The van der Waals surface area contributed by atoms with Gasteiger partial charge in [0.25, 0.3) is 10.0 Å². The number of halogens is 1. The van der Waals surface area contributed by atoms with Gasteiger partial charge in [-0.2, -0.15) is 0 Å². The molecule has 0 fully saturated rings. The maximum absolute atomic E-state index is 12.3. The Morgan fingerprint density at radius 1 is 1.45 bits per heavy atom. The number of hydrogen-bond acceptors (Lipinski definition) is 4. The minimum absolute atomic E-state index is 0.116.